The van der Waals surface area contributed by atoms with E-state index >= 15 is 0 Å². The Morgan fingerprint density at radius 1 is 0.906 bits per heavy atom. The highest BCUT2D eigenvalue weighted by Gasteiger charge is 2.51. The molecule has 0 spiro atoms. The van der Waals surface area contributed by atoms with Gasteiger partial charge in [-0.25, -0.2) is 9.82 Å². The molecule has 1 atom stereocenters. The molecule has 0 unspecified atom stereocenters. The maximum absolute atomic E-state index is 13.2. The zero-order chi connectivity index (χ0) is 22.1. The van der Waals surface area contributed by atoms with Crippen LogP contribution in [0.15, 0.2) is 54.6 Å². The van der Waals surface area contributed by atoms with E-state index in [0.717, 1.165) is 23.3 Å². The second-order valence-electron chi connectivity index (χ2n) is 10.1. The molecule has 2 amide bonds. The molecule has 0 heterocycles. The predicted octanol–water partition coefficient (Wildman–Crippen LogP) is 4.73. The molecule has 0 aromatic heterocycles. The number of halogens is 1. The zero-order valence-electron chi connectivity index (χ0n) is 18.1. The van der Waals surface area contributed by atoms with Crippen LogP contribution >= 0.6 is 0 Å². The SMILES string of the molecule is O=C(CC12CC3CC(CC(C3)C1)C2)NN[C@H](C(=O)Nc1ccc(F)cc1)c1ccccc1. The molecule has 3 N–H and O–H groups in total. The van der Waals surface area contributed by atoms with Gasteiger partial charge in [-0.2, -0.15) is 0 Å². The van der Waals surface area contributed by atoms with Crippen molar-refractivity contribution in [3.05, 3.63) is 66.0 Å². The minimum Gasteiger partial charge on any atom is -0.324 e. The molecule has 4 aliphatic rings. The van der Waals surface area contributed by atoms with E-state index in [-0.39, 0.29) is 23.0 Å². The number of nitrogens with one attached hydrogen (secondary N) is 3. The van der Waals surface area contributed by atoms with Crippen LogP contribution in [0.4, 0.5) is 10.1 Å². The van der Waals surface area contributed by atoms with E-state index in [1.54, 1.807) is 0 Å². The van der Waals surface area contributed by atoms with Crippen LogP contribution in [0, 0.1) is 29.0 Å². The Morgan fingerprint density at radius 2 is 1.50 bits per heavy atom. The molecular weight excluding hydrogens is 405 g/mol. The largest absolute Gasteiger partial charge is 0.324 e. The van der Waals surface area contributed by atoms with Crippen molar-refractivity contribution >= 4 is 17.5 Å². The summed E-state index contributed by atoms with van der Waals surface area (Å²) in [5, 5.41) is 2.80. The van der Waals surface area contributed by atoms with Gasteiger partial charge in [0.25, 0.3) is 0 Å². The van der Waals surface area contributed by atoms with Gasteiger partial charge in [-0.3, -0.25) is 15.0 Å². The van der Waals surface area contributed by atoms with Crippen molar-refractivity contribution in [1.29, 1.82) is 0 Å². The number of amides is 2. The fourth-order valence-electron chi connectivity index (χ4n) is 6.74. The van der Waals surface area contributed by atoms with Crippen LogP contribution in [0.2, 0.25) is 0 Å². The third-order valence-electron chi connectivity index (χ3n) is 7.56. The summed E-state index contributed by atoms with van der Waals surface area (Å²) >= 11 is 0. The van der Waals surface area contributed by atoms with Gasteiger partial charge in [0.1, 0.15) is 11.9 Å². The Morgan fingerprint density at radius 3 is 2.09 bits per heavy atom. The summed E-state index contributed by atoms with van der Waals surface area (Å²) in [6.45, 7) is 0. The van der Waals surface area contributed by atoms with Crippen LogP contribution in [0.5, 0.6) is 0 Å². The van der Waals surface area contributed by atoms with Crippen molar-refractivity contribution < 1.29 is 14.0 Å². The van der Waals surface area contributed by atoms with Gasteiger partial charge in [-0.05, 0) is 91.5 Å². The van der Waals surface area contributed by atoms with Crippen molar-refractivity contribution in [3.63, 3.8) is 0 Å². The molecule has 0 saturated heterocycles. The Hall–Kier alpha value is -2.73. The van der Waals surface area contributed by atoms with Gasteiger partial charge in [0.2, 0.25) is 11.8 Å². The van der Waals surface area contributed by atoms with Crippen LogP contribution in [-0.2, 0) is 9.59 Å². The quantitative estimate of drug-likeness (QED) is 0.551. The molecule has 2 aromatic carbocycles. The summed E-state index contributed by atoms with van der Waals surface area (Å²) in [6.07, 6.45) is 8.06. The van der Waals surface area contributed by atoms with E-state index in [4.69, 9.17) is 0 Å². The summed E-state index contributed by atoms with van der Waals surface area (Å²) in [6, 6.07) is 14.1. The Kier molecular flexibility index (Phi) is 5.72. The number of carbonyl (C=O) groups excluding carboxylic acids is 2. The monoisotopic (exact) mass is 435 g/mol. The highest BCUT2D eigenvalue weighted by molar-refractivity contribution is 5.95. The first kappa shape index (κ1) is 21.1. The molecular formula is C26H30FN3O2. The molecule has 5 nitrogen and oxygen atoms in total. The van der Waals surface area contributed by atoms with Gasteiger partial charge < -0.3 is 5.32 Å². The second kappa shape index (κ2) is 8.66. The molecule has 4 saturated carbocycles. The van der Waals surface area contributed by atoms with Crippen molar-refractivity contribution in [2.45, 2.75) is 51.0 Å². The number of hydrogen-bond acceptors (Lipinski definition) is 3. The van der Waals surface area contributed by atoms with Gasteiger partial charge in [-0.15, -0.1) is 0 Å². The van der Waals surface area contributed by atoms with Crippen molar-refractivity contribution in [3.8, 4) is 0 Å². The third kappa shape index (κ3) is 4.56. The highest BCUT2D eigenvalue weighted by Crippen LogP contribution is 2.61. The number of carbonyl (C=O) groups is 2. The van der Waals surface area contributed by atoms with Crippen molar-refractivity contribution in [2.75, 3.05) is 5.32 Å². The van der Waals surface area contributed by atoms with Gasteiger partial charge >= 0.3 is 0 Å². The van der Waals surface area contributed by atoms with E-state index in [9.17, 15) is 14.0 Å². The Balaban J connectivity index is 1.24. The van der Waals surface area contributed by atoms with Gasteiger partial charge in [-0.1, -0.05) is 30.3 Å². The van der Waals surface area contributed by atoms with E-state index in [1.807, 2.05) is 30.3 Å². The molecule has 2 aromatic rings. The number of hydrazine groups is 1. The Bertz CT molecular complexity index is 941. The predicted molar refractivity (Wildman–Crippen MR) is 121 cm³/mol. The maximum atomic E-state index is 13.2. The van der Waals surface area contributed by atoms with E-state index in [0.29, 0.717) is 12.1 Å². The van der Waals surface area contributed by atoms with Gasteiger partial charge in [0.05, 0.1) is 0 Å². The molecule has 4 bridgehead atoms. The molecule has 0 aliphatic heterocycles. The van der Waals surface area contributed by atoms with Crippen LogP contribution in [0.1, 0.15) is 56.6 Å². The summed E-state index contributed by atoms with van der Waals surface area (Å²) < 4.78 is 13.2. The highest BCUT2D eigenvalue weighted by atomic mass is 19.1. The molecule has 4 fully saturated rings. The van der Waals surface area contributed by atoms with Gasteiger partial charge in [0, 0.05) is 12.1 Å². The molecule has 168 valence electrons. The lowest BCUT2D eigenvalue weighted by Gasteiger charge is -2.56. The lowest BCUT2D eigenvalue weighted by molar-refractivity contribution is -0.131. The van der Waals surface area contributed by atoms with Crippen LogP contribution in [0.25, 0.3) is 0 Å². The topological polar surface area (TPSA) is 70.2 Å². The molecule has 6 heteroatoms. The van der Waals surface area contributed by atoms with Crippen LogP contribution in [-0.4, -0.2) is 11.8 Å². The van der Waals surface area contributed by atoms with Crippen molar-refractivity contribution in [2.24, 2.45) is 23.2 Å². The van der Waals surface area contributed by atoms with Crippen LogP contribution < -0.4 is 16.2 Å². The molecule has 32 heavy (non-hydrogen) atoms. The normalized spacial score (nSPS) is 28.8. The molecule has 0 radical (unpaired) electrons. The average Bonchev–Trinajstić information content (AvgIpc) is 2.75. The van der Waals surface area contributed by atoms with Gasteiger partial charge in [0.15, 0.2) is 0 Å². The number of rotatable bonds is 7. The first-order chi connectivity index (χ1) is 15.5. The third-order valence-corrected chi connectivity index (χ3v) is 7.56. The summed E-state index contributed by atoms with van der Waals surface area (Å²) in [7, 11) is 0. The van der Waals surface area contributed by atoms with Crippen LogP contribution in [0.3, 0.4) is 0 Å². The smallest absolute Gasteiger partial charge is 0.247 e. The lowest BCUT2D eigenvalue weighted by Crippen LogP contribution is -2.50. The summed E-state index contributed by atoms with van der Waals surface area (Å²) in [5.41, 5.74) is 7.16. The molecule has 4 aliphatic carbocycles. The average molecular weight is 436 g/mol. The second-order valence-corrected chi connectivity index (χ2v) is 10.1. The summed E-state index contributed by atoms with van der Waals surface area (Å²) in [5.74, 6) is 1.64. The number of anilines is 1. The first-order valence-corrected chi connectivity index (χ1v) is 11.6. The standard InChI is InChI=1S/C26H30FN3O2/c27-21-6-8-22(9-7-21)28-25(32)24(20-4-2-1-3-5-20)30-29-23(31)16-26-13-17-10-18(14-26)12-19(11-17)15-26/h1-9,17-19,24,30H,10-16H2,(H,28,32)(H,29,31)/t17?,18?,19?,24-,26?/m0/s1. The first-order valence-electron chi connectivity index (χ1n) is 11.6. The Labute approximate surface area is 188 Å². The fourth-order valence-corrected chi connectivity index (χ4v) is 6.74. The molecule has 6 rings (SSSR count). The van der Waals surface area contributed by atoms with E-state index < -0.39 is 6.04 Å². The minimum atomic E-state index is -0.762. The van der Waals surface area contributed by atoms with Crippen molar-refractivity contribution in [1.82, 2.24) is 10.9 Å². The lowest BCUT2D eigenvalue weighted by atomic mass is 9.49. The van der Waals surface area contributed by atoms with E-state index in [1.165, 1.54) is 62.8 Å². The fraction of sp³-hybridized carbons (Fsp3) is 0.462. The summed E-state index contributed by atoms with van der Waals surface area (Å²) in [4.78, 5) is 25.9. The van der Waals surface area contributed by atoms with E-state index in [2.05, 4.69) is 16.2 Å². The zero-order valence-corrected chi connectivity index (χ0v) is 18.1. The number of benzene rings is 2. The number of hydrogen-bond donors (Lipinski definition) is 3. The maximum Gasteiger partial charge on any atom is 0.247 e. The minimum absolute atomic E-state index is 0.0533.